The topological polar surface area (TPSA) is 105 Å². The zero-order valence-corrected chi connectivity index (χ0v) is 15.0. The molecule has 0 radical (unpaired) electrons. The Morgan fingerprint density at radius 1 is 0.857 bits per heavy atom. The molecule has 0 unspecified atom stereocenters. The van der Waals surface area contributed by atoms with Crippen molar-refractivity contribution in [2.45, 2.75) is 6.54 Å². The first-order chi connectivity index (χ1) is 13.6. The van der Waals surface area contributed by atoms with E-state index in [0.717, 1.165) is 10.5 Å². The Bertz CT molecular complexity index is 863. The maximum absolute atomic E-state index is 12.2. The number of hydrogen-bond donors (Lipinski definition) is 2. The van der Waals surface area contributed by atoms with E-state index >= 15 is 0 Å². The van der Waals surface area contributed by atoms with Gasteiger partial charge in [-0.2, -0.15) is 0 Å². The predicted octanol–water partition coefficient (Wildman–Crippen LogP) is 1.33. The van der Waals surface area contributed by atoms with E-state index in [-0.39, 0.29) is 19.7 Å². The lowest BCUT2D eigenvalue weighted by Gasteiger charge is -2.14. The molecule has 1 aliphatic rings. The smallest absolute Gasteiger partial charge is 0.325 e. The Balaban J connectivity index is 1.35. The van der Waals surface area contributed by atoms with E-state index in [1.165, 1.54) is 0 Å². The van der Waals surface area contributed by atoms with Gasteiger partial charge in [0.25, 0.3) is 11.8 Å². The van der Waals surface area contributed by atoms with Crippen LogP contribution in [0.2, 0.25) is 0 Å². The summed E-state index contributed by atoms with van der Waals surface area (Å²) in [5, 5.41) is 5.01. The van der Waals surface area contributed by atoms with E-state index in [1.807, 2.05) is 30.3 Å². The lowest BCUT2D eigenvalue weighted by Crippen LogP contribution is -2.39. The number of benzene rings is 2. The van der Waals surface area contributed by atoms with E-state index < -0.39 is 23.8 Å². The second-order valence-electron chi connectivity index (χ2n) is 6.05. The largest absolute Gasteiger partial charge is 0.462 e. The van der Waals surface area contributed by atoms with Gasteiger partial charge in [-0.15, -0.1) is 0 Å². The van der Waals surface area contributed by atoms with Crippen molar-refractivity contribution in [2.75, 3.05) is 19.7 Å². The molecule has 0 spiro atoms. The number of fused-ring (bicyclic) bond motifs is 1. The van der Waals surface area contributed by atoms with Crippen LogP contribution >= 0.6 is 0 Å². The van der Waals surface area contributed by atoms with Crippen LogP contribution in [0.1, 0.15) is 26.3 Å². The Morgan fingerprint density at radius 2 is 1.46 bits per heavy atom. The number of imide groups is 1. The highest BCUT2D eigenvalue weighted by atomic mass is 16.5. The van der Waals surface area contributed by atoms with Gasteiger partial charge in [-0.1, -0.05) is 42.5 Å². The van der Waals surface area contributed by atoms with Crippen LogP contribution < -0.4 is 10.6 Å². The molecular weight excluding hydrogens is 362 g/mol. The normalized spacial score (nSPS) is 12.5. The van der Waals surface area contributed by atoms with E-state index in [1.54, 1.807) is 24.3 Å². The molecule has 0 saturated carbocycles. The Morgan fingerprint density at radius 3 is 2.11 bits per heavy atom. The summed E-state index contributed by atoms with van der Waals surface area (Å²) in [6, 6.07) is 15.4. The molecule has 0 fully saturated rings. The lowest BCUT2D eigenvalue weighted by molar-refractivity contribution is -0.142. The minimum Gasteiger partial charge on any atom is -0.462 e. The van der Waals surface area contributed by atoms with E-state index in [2.05, 4.69) is 10.6 Å². The summed E-state index contributed by atoms with van der Waals surface area (Å²) >= 11 is 0. The van der Waals surface area contributed by atoms with Gasteiger partial charge in [0.05, 0.1) is 17.7 Å². The Labute approximate surface area is 161 Å². The number of esters is 1. The summed E-state index contributed by atoms with van der Waals surface area (Å²) in [7, 11) is 0. The number of nitrogens with one attached hydrogen (secondary N) is 2. The number of amides is 4. The molecule has 4 amide bonds. The highest BCUT2D eigenvalue weighted by Gasteiger charge is 2.34. The van der Waals surface area contributed by atoms with Gasteiger partial charge in [-0.05, 0) is 17.7 Å². The number of urea groups is 1. The molecule has 2 aromatic rings. The molecule has 0 aliphatic carbocycles. The molecule has 8 heteroatoms. The molecule has 3 rings (SSSR count). The van der Waals surface area contributed by atoms with Crippen molar-refractivity contribution in [2.24, 2.45) is 0 Å². The van der Waals surface area contributed by atoms with Crippen LogP contribution in [0.3, 0.4) is 0 Å². The minimum atomic E-state index is -0.661. The quantitative estimate of drug-likeness (QED) is 0.556. The monoisotopic (exact) mass is 381 g/mol. The molecule has 8 nitrogen and oxygen atoms in total. The first-order valence-corrected chi connectivity index (χ1v) is 8.72. The summed E-state index contributed by atoms with van der Waals surface area (Å²) in [6.07, 6.45) is 0. The summed E-state index contributed by atoms with van der Waals surface area (Å²) in [5.41, 5.74) is 1.62. The van der Waals surface area contributed by atoms with Gasteiger partial charge in [0.15, 0.2) is 0 Å². The van der Waals surface area contributed by atoms with Gasteiger partial charge >= 0.3 is 12.0 Å². The number of carbonyl (C=O) groups is 4. The summed E-state index contributed by atoms with van der Waals surface area (Å²) < 4.78 is 4.99. The number of carbonyl (C=O) groups excluding carboxylic acids is 4. The second kappa shape index (κ2) is 8.81. The molecular formula is C20H19N3O5. The predicted molar refractivity (Wildman–Crippen MR) is 99.4 cm³/mol. The third-order valence-corrected chi connectivity index (χ3v) is 4.15. The molecule has 1 heterocycles. The van der Waals surface area contributed by atoms with Gasteiger partial charge in [-0.25, -0.2) is 4.79 Å². The number of nitrogens with zero attached hydrogens (tertiary/aromatic N) is 1. The van der Waals surface area contributed by atoms with Crippen molar-refractivity contribution >= 4 is 23.8 Å². The molecule has 0 aromatic heterocycles. The van der Waals surface area contributed by atoms with Crippen LogP contribution in [0, 0.1) is 0 Å². The third kappa shape index (κ3) is 4.53. The number of rotatable bonds is 7. The van der Waals surface area contributed by atoms with Gasteiger partial charge in [-0.3, -0.25) is 19.3 Å². The van der Waals surface area contributed by atoms with Crippen molar-refractivity contribution in [3.05, 3.63) is 71.3 Å². The van der Waals surface area contributed by atoms with Gasteiger partial charge in [0.2, 0.25) is 0 Å². The maximum atomic E-state index is 12.2. The van der Waals surface area contributed by atoms with Gasteiger partial charge in [0.1, 0.15) is 13.2 Å². The third-order valence-electron chi connectivity index (χ3n) is 4.15. The first kappa shape index (κ1) is 19.1. The maximum Gasteiger partial charge on any atom is 0.325 e. The summed E-state index contributed by atoms with van der Waals surface area (Å²) in [5.74, 6) is -1.48. The van der Waals surface area contributed by atoms with E-state index in [0.29, 0.717) is 17.7 Å². The molecule has 1 aliphatic heterocycles. The van der Waals surface area contributed by atoms with Crippen molar-refractivity contribution < 1.29 is 23.9 Å². The highest BCUT2D eigenvalue weighted by Crippen LogP contribution is 2.21. The second-order valence-corrected chi connectivity index (χ2v) is 6.05. The van der Waals surface area contributed by atoms with Crippen LogP contribution in [0.15, 0.2) is 54.6 Å². The average molecular weight is 381 g/mol. The summed E-state index contributed by atoms with van der Waals surface area (Å²) in [4.78, 5) is 48.8. The molecule has 2 aromatic carbocycles. The van der Waals surface area contributed by atoms with E-state index in [9.17, 15) is 19.2 Å². The summed E-state index contributed by atoms with van der Waals surface area (Å²) in [6.45, 7) is -0.167. The Hall–Kier alpha value is -3.68. The first-order valence-electron chi connectivity index (χ1n) is 8.72. The van der Waals surface area contributed by atoms with Crippen molar-refractivity contribution in [1.82, 2.24) is 15.5 Å². The molecule has 28 heavy (non-hydrogen) atoms. The molecule has 144 valence electrons. The van der Waals surface area contributed by atoms with Crippen LogP contribution in [0.4, 0.5) is 4.79 Å². The zero-order chi connectivity index (χ0) is 19.9. The molecule has 0 bridgehead atoms. The molecule has 0 saturated heterocycles. The van der Waals surface area contributed by atoms with E-state index in [4.69, 9.17) is 4.74 Å². The Kier molecular flexibility index (Phi) is 6.01. The number of hydrogen-bond acceptors (Lipinski definition) is 5. The fourth-order valence-electron chi connectivity index (χ4n) is 2.74. The van der Waals surface area contributed by atoms with Crippen molar-refractivity contribution in [3.63, 3.8) is 0 Å². The zero-order valence-electron chi connectivity index (χ0n) is 15.0. The van der Waals surface area contributed by atoms with Crippen molar-refractivity contribution in [3.8, 4) is 0 Å². The van der Waals surface area contributed by atoms with Crippen molar-refractivity contribution in [1.29, 1.82) is 0 Å². The SMILES string of the molecule is O=C(NCC(=O)OCCN1C(=O)c2ccccc2C1=O)NCc1ccccc1. The molecule has 2 N–H and O–H groups in total. The fourth-order valence-corrected chi connectivity index (χ4v) is 2.74. The molecule has 0 atom stereocenters. The fraction of sp³-hybridized carbons (Fsp3) is 0.200. The van der Waals surface area contributed by atoms with Crippen LogP contribution in [-0.4, -0.2) is 48.4 Å². The number of ether oxygens (including phenoxy) is 1. The van der Waals surface area contributed by atoms with Crippen LogP contribution in [0.25, 0.3) is 0 Å². The minimum absolute atomic E-state index is 0.0434. The average Bonchev–Trinajstić information content (AvgIpc) is 2.96. The lowest BCUT2D eigenvalue weighted by atomic mass is 10.1. The van der Waals surface area contributed by atoms with Crippen LogP contribution in [0.5, 0.6) is 0 Å². The van der Waals surface area contributed by atoms with Gasteiger partial charge < -0.3 is 15.4 Å². The highest BCUT2D eigenvalue weighted by molar-refractivity contribution is 6.21. The standard InChI is InChI=1S/C20H19N3O5/c24-17(13-22-20(27)21-12-14-6-2-1-3-7-14)28-11-10-23-18(25)15-8-4-5-9-16(15)19(23)26/h1-9H,10-13H2,(H2,21,22,27). The van der Waals surface area contributed by atoms with Gasteiger partial charge in [0, 0.05) is 6.54 Å². The van der Waals surface area contributed by atoms with Crippen LogP contribution in [-0.2, 0) is 16.1 Å².